The van der Waals surface area contributed by atoms with Crippen molar-refractivity contribution < 1.29 is 9.53 Å². The predicted molar refractivity (Wildman–Crippen MR) is 108 cm³/mol. The maximum Gasteiger partial charge on any atom is 0.230 e. The van der Waals surface area contributed by atoms with Crippen LogP contribution in [-0.2, 0) is 4.79 Å². The third-order valence-corrected chi connectivity index (χ3v) is 4.52. The van der Waals surface area contributed by atoms with E-state index in [4.69, 9.17) is 4.74 Å². The number of nitrogens with one attached hydrogen (secondary N) is 1. The summed E-state index contributed by atoms with van der Waals surface area (Å²) in [7, 11) is 0. The average Bonchev–Trinajstić information content (AvgIpc) is 2.71. The van der Waals surface area contributed by atoms with Crippen molar-refractivity contribution in [1.29, 1.82) is 0 Å². The maximum atomic E-state index is 12.0. The van der Waals surface area contributed by atoms with Crippen LogP contribution in [0.5, 0.6) is 5.75 Å². The third kappa shape index (κ3) is 6.11. The van der Waals surface area contributed by atoms with Crippen molar-refractivity contribution in [3.63, 3.8) is 0 Å². The van der Waals surface area contributed by atoms with Crippen LogP contribution in [0, 0.1) is 6.92 Å². The highest BCUT2D eigenvalue weighted by Gasteiger charge is 2.08. The first-order valence-electron chi connectivity index (χ1n) is 8.69. The van der Waals surface area contributed by atoms with Gasteiger partial charge in [0.1, 0.15) is 12.4 Å². The van der Waals surface area contributed by atoms with Crippen molar-refractivity contribution in [3.8, 4) is 17.0 Å². The summed E-state index contributed by atoms with van der Waals surface area (Å²) in [6.07, 6.45) is 0. The van der Waals surface area contributed by atoms with Crippen molar-refractivity contribution >= 4 is 17.7 Å². The molecule has 0 aliphatic heterocycles. The summed E-state index contributed by atoms with van der Waals surface area (Å²) < 4.78 is 5.55. The van der Waals surface area contributed by atoms with Gasteiger partial charge in [-0.2, -0.15) is 0 Å². The molecule has 0 unspecified atom stereocenters. The van der Waals surface area contributed by atoms with Gasteiger partial charge in [0.15, 0.2) is 5.16 Å². The van der Waals surface area contributed by atoms with E-state index in [0.29, 0.717) is 18.3 Å². The third-order valence-electron chi connectivity index (χ3n) is 3.67. The van der Waals surface area contributed by atoms with Crippen molar-refractivity contribution in [2.45, 2.75) is 12.1 Å². The molecule has 3 aromatic rings. The van der Waals surface area contributed by atoms with E-state index >= 15 is 0 Å². The highest BCUT2D eigenvalue weighted by molar-refractivity contribution is 7.99. The van der Waals surface area contributed by atoms with Crippen molar-refractivity contribution in [1.82, 2.24) is 15.3 Å². The maximum absolute atomic E-state index is 12.0. The number of hydrogen-bond donors (Lipinski definition) is 1. The molecule has 0 aliphatic rings. The second-order valence-electron chi connectivity index (χ2n) is 5.84. The number of nitrogens with zero attached hydrogens (tertiary/aromatic N) is 2. The molecular weight excluding hydrogens is 358 g/mol. The molecule has 0 saturated carbocycles. The van der Waals surface area contributed by atoms with E-state index in [0.717, 1.165) is 22.7 Å². The van der Waals surface area contributed by atoms with E-state index in [1.54, 1.807) is 0 Å². The Morgan fingerprint density at radius 2 is 1.74 bits per heavy atom. The van der Waals surface area contributed by atoms with Gasteiger partial charge in [-0.1, -0.05) is 60.3 Å². The Bertz CT molecular complexity index is 873. The van der Waals surface area contributed by atoms with Gasteiger partial charge in [-0.3, -0.25) is 4.79 Å². The second kappa shape index (κ2) is 9.73. The molecule has 6 heteroatoms. The monoisotopic (exact) mass is 379 g/mol. The van der Waals surface area contributed by atoms with Gasteiger partial charge in [0.05, 0.1) is 18.0 Å². The number of amides is 1. The summed E-state index contributed by atoms with van der Waals surface area (Å²) in [5, 5.41) is 3.45. The molecular formula is C21H21N3O2S. The van der Waals surface area contributed by atoms with Gasteiger partial charge in [0.25, 0.3) is 0 Å². The molecule has 1 heterocycles. The number of carbonyl (C=O) groups is 1. The van der Waals surface area contributed by atoms with Gasteiger partial charge < -0.3 is 10.1 Å². The Morgan fingerprint density at radius 1 is 1.04 bits per heavy atom. The topological polar surface area (TPSA) is 64.1 Å². The van der Waals surface area contributed by atoms with Crippen molar-refractivity contribution in [2.24, 2.45) is 0 Å². The highest BCUT2D eigenvalue weighted by atomic mass is 32.2. The first-order chi connectivity index (χ1) is 13.2. The molecule has 1 aromatic heterocycles. The quantitative estimate of drug-likeness (QED) is 0.367. The number of benzene rings is 2. The number of carbonyl (C=O) groups excluding carboxylic acids is 1. The smallest absolute Gasteiger partial charge is 0.230 e. The lowest BCUT2D eigenvalue weighted by Crippen LogP contribution is -2.29. The Kier molecular flexibility index (Phi) is 6.82. The molecule has 0 aliphatic carbocycles. The fourth-order valence-electron chi connectivity index (χ4n) is 2.42. The number of ether oxygens (including phenoxy) is 1. The number of thioether (sulfide) groups is 1. The molecule has 0 bridgehead atoms. The van der Waals surface area contributed by atoms with Crippen molar-refractivity contribution in [2.75, 3.05) is 18.9 Å². The van der Waals surface area contributed by atoms with Crippen LogP contribution in [0.4, 0.5) is 0 Å². The fraction of sp³-hybridized carbons (Fsp3) is 0.190. The molecule has 5 nitrogen and oxygen atoms in total. The zero-order valence-corrected chi connectivity index (χ0v) is 15.9. The van der Waals surface area contributed by atoms with Crippen LogP contribution in [0.15, 0.2) is 71.9 Å². The normalized spacial score (nSPS) is 10.4. The lowest BCUT2D eigenvalue weighted by Gasteiger charge is -2.08. The summed E-state index contributed by atoms with van der Waals surface area (Å²) in [4.78, 5) is 21.0. The molecule has 0 saturated heterocycles. The molecule has 0 atom stereocenters. The lowest BCUT2D eigenvalue weighted by atomic mass is 10.1. The highest BCUT2D eigenvalue weighted by Crippen LogP contribution is 2.21. The SMILES string of the molecule is Cc1cc(-c2ccccc2)nc(SCC(=O)NCCOc2ccccc2)n1. The van der Waals surface area contributed by atoms with Gasteiger partial charge in [0, 0.05) is 11.3 Å². The first kappa shape index (κ1) is 18.9. The minimum atomic E-state index is -0.0666. The van der Waals surface area contributed by atoms with Gasteiger partial charge >= 0.3 is 0 Å². The van der Waals surface area contributed by atoms with E-state index in [1.807, 2.05) is 73.7 Å². The summed E-state index contributed by atoms with van der Waals surface area (Å²) in [6, 6.07) is 21.4. The van der Waals surface area contributed by atoms with E-state index in [2.05, 4.69) is 15.3 Å². The van der Waals surface area contributed by atoms with Gasteiger partial charge in [-0.25, -0.2) is 9.97 Å². The summed E-state index contributed by atoms with van der Waals surface area (Å²) >= 11 is 1.33. The van der Waals surface area contributed by atoms with E-state index < -0.39 is 0 Å². The predicted octanol–water partition coefficient (Wildman–Crippen LogP) is 3.74. The van der Waals surface area contributed by atoms with Crippen LogP contribution in [0.1, 0.15) is 5.69 Å². The van der Waals surface area contributed by atoms with E-state index in [1.165, 1.54) is 11.8 Å². The lowest BCUT2D eigenvalue weighted by molar-refractivity contribution is -0.118. The number of aromatic nitrogens is 2. The van der Waals surface area contributed by atoms with Crippen molar-refractivity contribution in [3.05, 3.63) is 72.4 Å². The molecule has 138 valence electrons. The minimum Gasteiger partial charge on any atom is -0.492 e. The standard InChI is InChI=1S/C21H21N3O2S/c1-16-14-19(17-8-4-2-5-9-17)24-21(23-16)27-15-20(25)22-12-13-26-18-10-6-3-7-11-18/h2-11,14H,12-13,15H2,1H3,(H,22,25). The van der Waals surface area contributed by atoms with Crippen LogP contribution in [0.2, 0.25) is 0 Å². The molecule has 3 rings (SSSR count). The van der Waals surface area contributed by atoms with Gasteiger partial charge in [-0.15, -0.1) is 0 Å². The largest absolute Gasteiger partial charge is 0.492 e. The average molecular weight is 379 g/mol. The van der Waals surface area contributed by atoms with Crippen LogP contribution in [-0.4, -0.2) is 34.8 Å². The molecule has 27 heavy (non-hydrogen) atoms. The van der Waals surface area contributed by atoms with Crippen LogP contribution < -0.4 is 10.1 Å². The Balaban J connectivity index is 1.46. The van der Waals surface area contributed by atoms with Crippen LogP contribution in [0.3, 0.4) is 0 Å². The molecule has 2 aromatic carbocycles. The van der Waals surface area contributed by atoms with Gasteiger partial charge in [0.2, 0.25) is 5.91 Å². The Hall–Kier alpha value is -2.86. The number of hydrogen-bond acceptors (Lipinski definition) is 5. The fourth-order valence-corrected chi connectivity index (χ4v) is 3.15. The number of rotatable bonds is 8. The molecule has 1 amide bonds. The van der Waals surface area contributed by atoms with E-state index in [-0.39, 0.29) is 11.7 Å². The first-order valence-corrected chi connectivity index (χ1v) is 9.68. The molecule has 0 radical (unpaired) electrons. The Labute approximate surface area is 163 Å². The zero-order chi connectivity index (χ0) is 18.9. The minimum absolute atomic E-state index is 0.0666. The summed E-state index contributed by atoms with van der Waals surface area (Å²) in [5.74, 6) is 0.994. The molecule has 1 N–H and O–H groups in total. The number of aryl methyl sites for hydroxylation is 1. The summed E-state index contributed by atoms with van der Waals surface area (Å²) in [5.41, 5.74) is 2.78. The number of para-hydroxylation sites is 1. The Morgan fingerprint density at radius 3 is 2.48 bits per heavy atom. The van der Waals surface area contributed by atoms with Gasteiger partial charge in [-0.05, 0) is 25.1 Å². The van der Waals surface area contributed by atoms with Crippen LogP contribution in [0.25, 0.3) is 11.3 Å². The molecule has 0 fully saturated rings. The van der Waals surface area contributed by atoms with Crippen LogP contribution >= 0.6 is 11.8 Å². The van der Waals surface area contributed by atoms with E-state index in [9.17, 15) is 4.79 Å². The summed E-state index contributed by atoms with van der Waals surface area (Å²) in [6.45, 7) is 2.82. The molecule has 0 spiro atoms. The zero-order valence-electron chi connectivity index (χ0n) is 15.1. The second-order valence-corrected chi connectivity index (χ2v) is 6.79.